The van der Waals surface area contributed by atoms with E-state index in [1.807, 2.05) is 32.9 Å². The summed E-state index contributed by atoms with van der Waals surface area (Å²) in [5.74, 6) is -0.00851. The lowest BCUT2D eigenvalue weighted by Crippen LogP contribution is -2.14. The Labute approximate surface area is 174 Å². The van der Waals surface area contributed by atoms with Crippen molar-refractivity contribution < 1.29 is 14.6 Å². The van der Waals surface area contributed by atoms with Crippen LogP contribution >= 0.6 is 0 Å². The highest BCUT2D eigenvalue weighted by atomic mass is 16.5. The molecule has 0 atom stereocenters. The average molecular weight is 402 g/mol. The number of aryl methyl sites for hydroxylation is 1. The van der Waals surface area contributed by atoms with Crippen LogP contribution in [-0.2, 0) is 21.4 Å². The molecule has 0 amide bonds. The summed E-state index contributed by atoms with van der Waals surface area (Å²) in [6, 6.07) is 3.80. The number of phenolic OH excluding ortho intramolecular Hbond substituents is 1. The van der Waals surface area contributed by atoms with Crippen LogP contribution in [0.15, 0.2) is 24.5 Å². The molecule has 2 rings (SSSR count). The quantitative estimate of drug-likeness (QED) is 0.418. The molecule has 0 aliphatic rings. The zero-order valence-electron chi connectivity index (χ0n) is 18.3. The second kappa shape index (κ2) is 11.0. The summed E-state index contributed by atoms with van der Waals surface area (Å²) in [4.78, 5) is 13.5. The van der Waals surface area contributed by atoms with Gasteiger partial charge in [-0.05, 0) is 29.9 Å². The van der Waals surface area contributed by atoms with Gasteiger partial charge in [-0.1, -0.05) is 65.9 Å². The van der Waals surface area contributed by atoms with Gasteiger partial charge >= 0.3 is 5.97 Å². The lowest BCUT2D eigenvalue weighted by Gasteiger charge is -2.23. The molecule has 6 nitrogen and oxygen atoms in total. The number of hydrogen-bond donors (Lipinski definition) is 1. The van der Waals surface area contributed by atoms with Gasteiger partial charge in [0.2, 0.25) is 0 Å². The second-order valence-corrected chi connectivity index (χ2v) is 8.57. The van der Waals surface area contributed by atoms with Gasteiger partial charge in [0.05, 0.1) is 19.0 Å². The third-order valence-electron chi connectivity index (χ3n) is 4.97. The van der Waals surface area contributed by atoms with Crippen LogP contribution in [-0.4, -0.2) is 32.7 Å². The molecule has 160 valence electrons. The Hall–Kier alpha value is -2.37. The summed E-state index contributed by atoms with van der Waals surface area (Å²) in [6.45, 7) is 8.83. The molecule has 0 bridgehead atoms. The summed E-state index contributed by atoms with van der Waals surface area (Å²) in [5, 5.41) is 19.0. The fourth-order valence-corrected chi connectivity index (χ4v) is 3.27. The largest absolute Gasteiger partial charge is 0.505 e. The van der Waals surface area contributed by atoms with Gasteiger partial charge < -0.3 is 9.84 Å². The number of rotatable bonds is 11. The lowest BCUT2D eigenvalue weighted by atomic mass is 9.84. The smallest absolute Gasteiger partial charge is 0.306 e. The highest BCUT2D eigenvalue weighted by Gasteiger charge is 2.23. The second-order valence-electron chi connectivity index (χ2n) is 8.57. The Kier molecular flexibility index (Phi) is 8.68. The number of unbranched alkanes of at least 4 members (excludes halogenated alkanes) is 5. The zero-order valence-corrected chi connectivity index (χ0v) is 18.3. The van der Waals surface area contributed by atoms with Crippen LogP contribution in [0.2, 0.25) is 0 Å². The van der Waals surface area contributed by atoms with Crippen molar-refractivity contribution in [1.82, 2.24) is 15.0 Å². The first-order valence-electron chi connectivity index (χ1n) is 10.7. The van der Waals surface area contributed by atoms with E-state index in [-0.39, 0.29) is 17.1 Å². The number of ether oxygens (including phenoxy) is 1. The van der Waals surface area contributed by atoms with E-state index in [1.165, 1.54) is 30.5 Å². The van der Waals surface area contributed by atoms with Crippen LogP contribution in [0.1, 0.15) is 83.8 Å². The van der Waals surface area contributed by atoms with Crippen LogP contribution in [0.25, 0.3) is 5.69 Å². The Balaban J connectivity index is 1.95. The third kappa shape index (κ3) is 7.18. The number of aromatic nitrogens is 3. The van der Waals surface area contributed by atoms with E-state index in [1.54, 1.807) is 12.4 Å². The summed E-state index contributed by atoms with van der Waals surface area (Å²) in [5.41, 5.74) is 2.04. The van der Waals surface area contributed by atoms with Crippen molar-refractivity contribution in [3.63, 3.8) is 0 Å². The van der Waals surface area contributed by atoms with Crippen molar-refractivity contribution in [2.45, 2.75) is 84.5 Å². The molecule has 0 unspecified atom stereocenters. The Morgan fingerprint density at radius 1 is 1.07 bits per heavy atom. The van der Waals surface area contributed by atoms with Crippen LogP contribution in [0.5, 0.6) is 5.75 Å². The summed E-state index contributed by atoms with van der Waals surface area (Å²) < 4.78 is 5.38. The van der Waals surface area contributed by atoms with E-state index in [2.05, 4.69) is 17.1 Å². The molecule has 0 saturated carbocycles. The summed E-state index contributed by atoms with van der Waals surface area (Å²) in [6.07, 6.45) is 11.0. The van der Waals surface area contributed by atoms with E-state index < -0.39 is 0 Å². The minimum absolute atomic E-state index is 0.170. The Bertz CT molecular complexity index is 764. The molecule has 2 aromatic rings. The number of esters is 1. The molecule has 0 aliphatic carbocycles. The van der Waals surface area contributed by atoms with E-state index in [4.69, 9.17) is 4.74 Å². The molecule has 1 aromatic carbocycles. The van der Waals surface area contributed by atoms with Gasteiger partial charge in [0, 0.05) is 12.0 Å². The van der Waals surface area contributed by atoms with Gasteiger partial charge in [-0.2, -0.15) is 10.2 Å². The van der Waals surface area contributed by atoms with E-state index in [0.717, 1.165) is 24.0 Å². The van der Waals surface area contributed by atoms with Crippen molar-refractivity contribution in [3.05, 3.63) is 35.7 Å². The highest BCUT2D eigenvalue weighted by molar-refractivity contribution is 5.70. The van der Waals surface area contributed by atoms with E-state index >= 15 is 0 Å². The zero-order chi connectivity index (χ0) is 21.3. The van der Waals surface area contributed by atoms with E-state index in [0.29, 0.717) is 25.1 Å². The number of phenols is 1. The molecule has 0 aliphatic heterocycles. The average Bonchev–Trinajstić information content (AvgIpc) is 3.20. The third-order valence-corrected chi connectivity index (χ3v) is 4.97. The summed E-state index contributed by atoms with van der Waals surface area (Å²) in [7, 11) is 0. The van der Waals surface area contributed by atoms with Gasteiger partial charge in [-0.15, -0.1) is 4.80 Å². The molecule has 29 heavy (non-hydrogen) atoms. The number of carbonyl (C=O) groups is 1. The number of aromatic hydroxyl groups is 1. The molecule has 0 spiro atoms. The van der Waals surface area contributed by atoms with E-state index in [9.17, 15) is 9.90 Å². The molecule has 6 heteroatoms. The fraction of sp³-hybridized carbons (Fsp3) is 0.609. The molecular formula is C23H35N3O3. The van der Waals surface area contributed by atoms with Gasteiger partial charge in [-0.3, -0.25) is 4.79 Å². The maximum absolute atomic E-state index is 12.1. The fourth-order valence-electron chi connectivity index (χ4n) is 3.27. The summed E-state index contributed by atoms with van der Waals surface area (Å²) >= 11 is 0. The van der Waals surface area contributed by atoms with Crippen molar-refractivity contribution in [2.24, 2.45) is 0 Å². The monoisotopic (exact) mass is 401 g/mol. The minimum atomic E-state index is -0.250. The van der Waals surface area contributed by atoms with Crippen molar-refractivity contribution in [3.8, 4) is 11.4 Å². The molecule has 1 heterocycles. The maximum atomic E-state index is 12.1. The van der Waals surface area contributed by atoms with Gasteiger partial charge in [0.15, 0.2) is 0 Å². The predicted molar refractivity (Wildman–Crippen MR) is 114 cm³/mol. The van der Waals surface area contributed by atoms with Crippen molar-refractivity contribution in [1.29, 1.82) is 0 Å². The first kappa shape index (κ1) is 22.9. The van der Waals surface area contributed by atoms with Gasteiger partial charge in [0.25, 0.3) is 0 Å². The molecule has 1 N–H and O–H groups in total. The number of hydrogen-bond acceptors (Lipinski definition) is 5. The van der Waals surface area contributed by atoms with Crippen LogP contribution in [0, 0.1) is 0 Å². The molecule has 0 fully saturated rings. The highest BCUT2D eigenvalue weighted by Crippen LogP contribution is 2.36. The number of carbonyl (C=O) groups excluding carboxylic acids is 1. The molecular weight excluding hydrogens is 366 g/mol. The topological polar surface area (TPSA) is 77.2 Å². The SMILES string of the molecule is CCCCCCCCOC(=O)CCc1cc(-n2nccn2)c(O)c(C(C)(C)C)c1. The van der Waals surface area contributed by atoms with Crippen LogP contribution < -0.4 is 0 Å². The predicted octanol–water partition coefficient (Wildman–Crippen LogP) is 5.11. The normalized spacial score (nSPS) is 11.6. The first-order valence-corrected chi connectivity index (χ1v) is 10.7. The van der Waals surface area contributed by atoms with Gasteiger partial charge in [-0.25, -0.2) is 0 Å². The van der Waals surface area contributed by atoms with Crippen molar-refractivity contribution in [2.75, 3.05) is 6.61 Å². The van der Waals surface area contributed by atoms with Crippen molar-refractivity contribution >= 4 is 5.97 Å². The number of nitrogens with zero attached hydrogens (tertiary/aromatic N) is 3. The Morgan fingerprint density at radius 3 is 2.38 bits per heavy atom. The van der Waals surface area contributed by atoms with Gasteiger partial charge in [0.1, 0.15) is 11.4 Å². The standard InChI is InChI=1S/C23H35N3O3/c1-5-6-7-8-9-10-15-29-21(27)12-11-18-16-19(23(2,3)4)22(28)20(17-18)26-24-13-14-25-26/h13-14,16-17,28H,5-12,15H2,1-4H3. The molecule has 1 aromatic heterocycles. The minimum Gasteiger partial charge on any atom is -0.505 e. The number of benzene rings is 1. The maximum Gasteiger partial charge on any atom is 0.306 e. The Morgan fingerprint density at radius 2 is 1.72 bits per heavy atom. The van der Waals surface area contributed by atoms with Crippen LogP contribution in [0.3, 0.4) is 0 Å². The molecule has 0 saturated heterocycles. The molecule has 0 radical (unpaired) electrons. The lowest BCUT2D eigenvalue weighted by molar-refractivity contribution is -0.143. The van der Waals surface area contributed by atoms with Crippen LogP contribution in [0.4, 0.5) is 0 Å². The first-order chi connectivity index (χ1) is 13.8.